The average molecular weight is 478 g/mol. The van der Waals surface area contributed by atoms with Crippen LogP contribution in [0.15, 0.2) is 53.7 Å². The van der Waals surface area contributed by atoms with E-state index >= 15 is 0 Å². The van der Waals surface area contributed by atoms with Crippen molar-refractivity contribution in [2.45, 2.75) is 31.9 Å². The zero-order valence-corrected chi connectivity index (χ0v) is 19.1. The monoisotopic (exact) mass is 477 g/mol. The summed E-state index contributed by atoms with van der Waals surface area (Å²) < 4.78 is 29.9. The highest BCUT2D eigenvalue weighted by Crippen LogP contribution is 2.25. The third-order valence-corrected chi connectivity index (χ3v) is 6.04. The lowest BCUT2D eigenvalue weighted by atomic mass is 9.89. The third-order valence-electron chi connectivity index (χ3n) is 6.04. The van der Waals surface area contributed by atoms with Gasteiger partial charge in [0.25, 0.3) is 11.5 Å². The second-order valence-corrected chi connectivity index (χ2v) is 8.26. The van der Waals surface area contributed by atoms with Crippen LogP contribution in [0.1, 0.15) is 33.0 Å². The van der Waals surface area contributed by atoms with Gasteiger partial charge < -0.3 is 20.7 Å². The van der Waals surface area contributed by atoms with Crippen molar-refractivity contribution in [1.29, 1.82) is 0 Å². The maximum Gasteiger partial charge on any atom is 0.278 e. The summed E-state index contributed by atoms with van der Waals surface area (Å²) in [6, 6.07) is 8.24. The Hall–Kier alpha value is -4.25. The molecule has 35 heavy (non-hydrogen) atoms. The predicted molar refractivity (Wildman–Crippen MR) is 132 cm³/mol. The summed E-state index contributed by atoms with van der Waals surface area (Å²) in [6.45, 7) is 1.87. The summed E-state index contributed by atoms with van der Waals surface area (Å²) in [6.07, 6.45) is 5.22. The van der Waals surface area contributed by atoms with E-state index in [9.17, 15) is 9.59 Å². The third kappa shape index (κ3) is 4.21. The Morgan fingerprint density at radius 2 is 2.14 bits per heavy atom. The van der Waals surface area contributed by atoms with E-state index in [1.165, 1.54) is 15.3 Å². The summed E-state index contributed by atoms with van der Waals surface area (Å²) in [7, 11) is -0.834. The fourth-order valence-electron chi connectivity index (χ4n) is 3.92. The Bertz CT molecular complexity index is 1550. The van der Waals surface area contributed by atoms with Gasteiger partial charge in [0.2, 0.25) is 0 Å². The van der Waals surface area contributed by atoms with Crippen LogP contribution in [0.3, 0.4) is 0 Å². The number of carbonyl (C=O) groups excluding carboxylic acids is 1. The van der Waals surface area contributed by atoms with E-state index in [-0.39, 0.29) is 22.5 Å². The minimum Gasteiger partial charge on any atom is -0.379 e. The van der Waals surface area contributed by atoms with E-state index in [1.807, 2.05) is 19.1 Å². The summed E-state index contributed by atoms with van der Waals surface area (Å²) in [5.74, 6) is 0.396. The molecule has 4 aromatic rings. The van der Waals surface area contributed by atoms with Crippen LogP contribution in [0, 0.1) is 6.92 Å². The number of rotatable bonds is 7. The van der Waals surface area contributed by atoms with Gasteiger partial charge in [-0.1, -0.05) is 0 Å². The number of nitrogens with zero attached hydrogens (tertiary/aromatic N) is 5. The van der Waals surface area contributed by atoms with Crippen molar-refractivity contribution in [2.75, 3.05) is 24.7 Å². The van der Waals surface area contributed by atoms with Crippen molar-refractivity contribution in [1.82, 2.24) is 29.5 Å². The molecule has 0 bridgehead atoms. The molecule has 0 radical (unpaired) electrons. The summed E-state index contributed by atoms with van der Waals surface area (Å²) >= 11 is 0. The molecule has 0 spiro atoms. The topological polar surface area (TPSA) is 127 Å². The van der Waals surface area contributed by atoms with Crippen LogP contribution in [-0.4, -0.2) is 56.3 Å². The molecule has 1 amide bonds. The first-order chi connectivity index (χ1) is 18.1. The van der Waals surface area contributed by atoms with Gasteiger partial charge in [-0.05, 0) is 44.0 Å². The quantitative estimate of drug-likeness (QED) is 0.370. The summed E-state index contributed by atoms with van der Waals surface area (Å²) in [5, 5.41) is 13.2. The van der Waals surface area contributed by atoms with Crippen LogP contribution in [0.2, 0.25) is 0 Å². The Balaban J connectivity index is 1.43. The van der Waals surface area contributed by atoms with Gasteiger partial charge >= 0.3 is 0 Å². The number of aryl methyl sites for hydroxylation is 1. The van der Waals surface area contributed by atoms with Gasteiger partial charge in [0, 0.05) is 32.0 Å². The normalized spacial score (nSPS) is 18.7. The molecule has 180 valence electrons. The van der Waals surface area contributed by atoms with Crippen LogP contribution in [0.25, 0.3) is 11.3 Å². The lowest BCUT2D eigenvalue weighted by molar-refractivity contribution is 0.00732. The van der Waals surface area contributed by atoms with Gasteiger partial charge in [-0.3, -0.25) is 19.1 Å². The van der Waals surface area contributed by atoms with Crippen molar-refractivity contribution in [3.05, 3.63) is 70.5 Å². The Labute approximate surface area is 205 Å². The molecule has 1 saturated carbocycles. The first-order valence-electron chi connectivity index (χ1n) is 12.6. The van der Waals surface area contributed by atoms with Gasteiger partial charge in [-0.2, -0.15) is 9.61 Å². The van der Waals surface area contributed by atoms with Crippen molar-refractivity contribution in [3.8, 4) is 5.69 Å². The van der Waals surface area contributed by atoms with E-state index in [0.717, 1.165) is 5.69 Å². The van der Waals surface area contributed by atoms with Crippen LogP contribution in [0.4, 0.5) is 17.3 Å². The lowest BCUT2D eigenvalue weighted by Gasteiger charge is -2.35. The largest absolute Gasteiger partial charge is 0.379 e. The molecule has 0 aliphatic heterocycles. The van der Waals surface area contributed by atoms with Crippen LogP contribution in [-0.2, 0) is 4.74 Å². The van der Waals surface area contributed by atoms with Crippen molar-refractivity contribution in [3.63, 3.8) is 0 Å². The number of aromatic nitrogens is 5. The molecule has 2 atom stereocenters. The zero-order chi connectivity index (χ0) is 27.0. The first kappa shape index (κ1) is 19.1. The molecule has 5 rings (SSSR count). The number of carbonyl (C=O) groups is 1. The SMILES string of the molecule is [2H]C([2H])([2H])O[C@@H]1CCC1NC(=O)c1cnn2c(NC)cc(Nc3cccn(-c4ccc(C)nc4)c3=O)nc12. The number of nitrogens with one attached hydrogen (secondary N) is 3. The number of hydrogen-bond acceptors (Lipinski definition) is 8. The highest BCUT2D eigenvalue weighted by atomic mass is 16.5. The molecule has 1 unspecified atom stereocenters. The minimum absolute atomic E-state index is 0.195. The van der Waals surface area contributed by atoms with Crippen LogP contribution < -0.4 is 21.5 Å². The Kier molecular flexibility index (Phi) is 5.01. The second kappa shape index (κ2) is 9.18. The molecule has 1 aliphatic rings. The highest BCUT2D eigenvalue weighted by molar-refractivity contribution is 6.00. The smallest absolute Gasteiger partial charge is 0.278 e. The predicted octanol–water partition coefficient (Wildman–Crippen LogP) is 2.28. The van der Waals surface area contributed by atoms with Gasteiger partial charge in [0.05, 0.1) is 34.3 Å². The van der Waals surface area contributed by atoms with Gasteiger partial charge in [0.1, 0.15) is 22.9 Å². The van der Waals surface area contributed by atoms with E-state index in [1.54, 1.807) is 37.6 Å². The molecule has 3 N–H and O–H groups in total. The van der Waals surface area contributed by atoms with Crippen molar-refractivity contribution < 1.29 is 13.6 Å². The molecule has 4 aromatic heterocycles. The van der Waals surface area contributed by atoms with E-state index < -0.39 is 25.1 Å². The summed E-state index contributed by atoms with van der Waals surface area (Å²) in [4.78, 5) is 35.1. The maximum atomic E-state index is 13.2. The number of fused-ring (bicyclic) bond motifs is 1. The van der Waals surface area contributed by atoms with Gasteiger partial charge in [-0.25, -0.2) is 4.98 Å². The first-order valence-corrected chi connectivity index (χ1v) is 11.1. The second-order valence-electron chi connectivity index (χ2n) is 8.26. The number of amides is 1. The lowest BCUT2D eigenvalue weighted by Crippen LogP contribution is -2.51. The number of hydrogen-bond donors (Lipinski definition) is 3. The molecule has 1 aliphatic carbocycles. The molecular weight excluding hydrogens is 448 g/mol. The van der Waals surface area contributed by atoms with E-state index in [4.69, 9.17) is 8.85 Å². The molecule has 4 heterocycles. The van der Waals surface area contributed by atoms with Gasteiger partial charge in [-0.15, -0.1) is 0 Å². The number of anilines is 3. The fraction of sp³-hybridized carbons (Fsp3) is 0.292. The molecule has 1 fully saturated rings. The van der Waals surface area contributed by atoms with Crippen LogP contribution in [0.5, 0.6) is 0 Å². The molecule has 0 saturated heterocycles. The van der Waals surface area contributed by atoms with E-state index in [2.05, 4.69) is 31.0 Å². The molecule has 11 nitrogen and oxygen atoms in total. The fourth-order valence-corrected chi connectivity index (χ4v) is 3.92. The maximum absolute atomic E-state index is 13.2. The summed E-state index contributed by atoms with van der Waals surface area (Å²) in [5.41, 5.74) is 1.88. The van der Waals surface area contributed by atoms with Crippen molar-refractivity contribution in [2.24, 2.45) is 0 Å². The highest BCUT2D eigenvalue weighted by Gasteiger charge is 2.33. The molecule has 0 aromatic carbocycles. The zero-order valence-electron chi connectivity index (χ0n) is 22.1. The van der Waals surface area contributed by atoms with Gasteiger partial charge in [0.15, 0.2) is 5.65 Å². The number of methoxy groups -OCH3 is 1. The molecule has 11 heteroatoms. The Morgan fingerprint density at radius 1 is 1.26 bits per heavy atom. The number of ether oxygens (including phenoxy) is 1. The van der Waals surface area contributed by atoms with Crippen molar-refractivity contribution >= 4 is 28.9 Å². The van der Waals surface area contributed by atoms with Crippen LogP contribution >= 0.6 is 0 Å². The minimum atomic E-state index is -2.53. The standard InChI is InChI=1S/C24H26N8O3/c1-14-6-7-15(12-26-14)31-10-4-5-18(24(31)34)28-20-11-21(25-2)32-22(30-20)16(13-27-32)23(33)29-17-8-9-19(17)35-3/h4-7,10-13,17,19,25H,8-9H2,1-3H3,(H,28,30)(H,29,33)/t17?,19-/m1/s1/i3D3. The average Bonchev–Trinajstić information content (AvgIpc) is 3.30. The van der Waals surface area contributed by atoms with E-state index in [0.29, 0.717) is 30.2 Å². The Morgan fingerprint density at radius 3 is 2.86 bits per heavy atom. The number of pyridine rings is 2. The molecular formula is C24H26N8O3.